The number of hydrogen-bond donors (Lipinski definition) is 1. The molecule has 1 fully saturated rings. The lowest BCUT2D eigenvalue weighted by molar-refractivity contribution is 0.163. The number of piperidine rings is 1. The lowest BCUT2D eigenvalue weighted by Gasteiger charge is -2.37. The molecule has 0 spiro atoms. The third-order valence-corrected chi connectivity index (χ3v) is 3.31. The maximum Gasteiger partial charge on any atom is 0.0991 e. The van der Waals surface area contributed by atoms with E-state index in [2.05, 4.69) is 18.0 Å². The minimum Gasteiger partial charge on any atom is -0.326 e. The molecule has 1 aromatic carbocycles. The highest BCUT2D eigenvalue weighted by molar-refractivity contribution is 5.33. The van der Waals surface area contributed by atoms with E-state index >= 15 is 0 Å². The fraction of sp³-hybridized carbons (Fsp3) is 0.462. The van der Waals surface area contributed by atoms with Crippen LogP contribution >= 0.6 is 0 Å². The van der Waals surface area contributed by atoms with E-state index in [1.54, 1.807) is 0 Å². The van der Waals surface area contributed by atoms with E-state index in [0.717, 1.165) is 13.0 Å². The van der Waals surface area contributed by atoms with Crippen LogP contribution in [0.2, 0.25) is 0 Å². The van der Waals surface area contributed by atoms with Crippen LogP contribution in [0.5, 0.6) is 0 Å². The zero-order valence-corrected chi connectivity index (χ0v) is 9.56. The summed E-state index contributed by atoms with van der Waals surface area (Å²) in [6, 6.07) is 10.4. The number of likely N-dealkylation sites (tertiary alicyclic amines) is 1. The number of rotatable bonds is 1. The Morgan fingerprint density at radius 3 is 2.62 bits per heavy atom. The summed E-state index contributed by atoms with van der Waals surface area (Å²) in [6.07, 6.45) is 2.25. The van der Waals surface area contributed by atoms with Crippen molar-refractivity contribution in [1.82, 2.24) is 4.90 Å². The molecule has 0 amide bonds. The van der Waals surface area contributed by atoms with Gasteiger partial charge in [0.25, 0.3) is 0 Å². The summed E-state index contributed by atoms with van der Waals surface area (Å²) in [7, 11) is 2.11. The summed E-state index contributed by atoms with van der Waals surface area (Å²) in [5.74, 6) is 0. The smallest absolute Gasteiger partial charge is 0.0991 e. The molecule has 0 saturated carbocycles. The van der Waals surface area contributed by atoms with E-state index in [1.165, 1.54) is 12.0 Å². The molecular formula is C13H17N3. The minimum atomic E-state index is 0.201. The first-order valence-electron chi connectivity index (χ1n) is 5.68. The minimum absolute atomic E-state index is 0.201. The van der Waals surface area contributed by atoms with Crippen molar-refractivity contribution in [2.45, 2.75) is 24.9 Å². The zero-order chi connectivity index (χ0) is 11.5. The normalized spacial score (nSPS) is 26.3. The van der Waals surface area contributed by atoms with Crippen LogP contribution < -0.4 is 5.73 Å². The molecule has 2 rings (SSSR count). The van der Waals surface area contributed by atoms with Crippen LogP contribution in [0.15, 0.2) is 24.3 Å². The molecule has 1 saturated heterocycles. The molecular weight excluding hydrogens is 198 g/mol. The Kier molecular flexibility index (Phi) is 3.23. The first-order chi connectivity index (χ1) is 7.72. The summed E-state index contributed by atoms with van der Waals surface area (Å²) in [4.78, 5) is 2.30. The molecule has 0 radical (unpaired) electrons. The van der Waals surface area contributed by atoms with Crippen molar-refractivity contribution in [3.8, 4) is 6.07 Å². The van der Waals surface area contributed by atoms with Gasteiger partial charge in [-0.15, -0.1) is 0 Å². The van der Waals surface area contributed by atoms with Crippen LogP contribution in [0.1, 0.15) is 30.0 Å². The van der Waals surface area contributed by atoms with Crippen molar-refractivity contribution >= 4 is 0 Å². The van der Waals surface area contributed by atoms with Gasteiger partial charge < -0.3 is 5.73 Å². The van der Waals surface area contributed by atoms with Crippen molar-refractivity contribution < 1.29 is 0 Å². The molecule has 16 heavy (non-hydrogen) atoms. The van der Waals surface area contributed by atoms with E-state index in [-0.39, 0.29) is 6.04 Å². The van der Waals surface area contributed by atoms with Crippen molar-refractivity contribution in [2.24, 2.45) is 5.73 Å². The maximum absolute atomic E-state index is 8.76. The largest absolute Gasteiger partial charge is 0.326 e. The Hall–Kier alpha value is -1.37. The second kappa shape index (κ2) is 4.65. The lowest BCUT2D eigenvalue weighted by Crippen LogP contribution is -2.43. The number of hydrogen-bond acceptors (Lipinski definition) is 3. The maximum atomic E-state index is 8.76. The monoisotopic (exact) mass is 215 g/mol. The Morgan fingerprint density at radius 1 is 1.38 bits per heavy atom. The third-order valence-electron chi connectivity index (χ3n) is 3.31. The molecule has 84 valence electrons. The predicted octanol–water partition coefficient (Wildman–Crippen LogP) is 1.65. The van der Waals surface area contributed by atoms with Crippen LogP contribution in [0.3, 0.4) is 0 Å². The number of nitrogens with two attached hydrogens (primary N) is 1. The van der Waals surface area contributed by atoms with Crippen molar-refractivity contribution in [3.05, 3.63) is 35.4 Å². The summed E-state index contributed by atoms with van der Waals surface area (Å²) < 4.78 is 0. The first kappa shape index (κ1) is 11.1. The van der Waals surface area contributed by atoms with Gasteiger partial charge in [0.05, 0.1) is 11.6 Å². The van der Waals surface area contributed by atoms with Gasteiger partial charge >= 0.3 is 0 Å². The molecule has 3 heteroatoms. The molecule has 3 nitrogen and oxygen atoms in total. The fourth-order valence-electron chi connectivity index (χ4n) is 2.46. The van der Waals surface area contributed by atoms with Crippen molar-refractivity contribution in [2.75, 3.05) is 13.6 Å². The van der Waals surface area contributed by atoms with E-state index in [9.17, 15) is 0 Å². The molecule has 2 atom stereocenters. The second-order valence-corrected chi connectivity index (χ2v) is 4.47. The molecule has 0 bridgehead atoms. The highest BCUT2D eigenvalue weighted by atomic mass is 15.2. The van der Waals surface area contributed by atoms with Crippen molar-refractivity contribution in [1.29, 1.82) is 5.26 Å². The number of nitriles is 1. The van der Waals surface area contributed by atoms with E-state index in [0.29, 0.717) is 11.6 Å². The van der Waals surface area contributed by atoms with E-state index in [1.807, 2.05) is 24.3 Å². The quantitative estimate of drug-likeness (QED) is 0.775. The van der Waals surface area contributed by atoms with E-state index in [4.69, 9.17) is 11.0 Å². The van der Waals surface area contributed by atoms with Gasteiger partial charge in [-0.3, -0.25) is 4.90 Å². The molecule has 1 aromatic rings. The molecule has 0 aliphatic carbocycles. The molecule has 1 aliphatic heterocycles. The van der Waals surface area contributed by atoms with Gasteiger partial charge in [0.1, 0.15) is 0 Å². The van der Waals surface area contributed by atoms with Gasteiger partial charge in [-0.25, -0.2) is 0 Å². The number of nitrogens with zero attached hydrogens (tertiary/aromatic N) is 2. The predicted molar refractivity (Wildman–Crippen MR) is 63.7 cm³/mol. The highest BCUT2D eigenvalue weighted by Gasteiger charge is 2.27. The summed E-state index contributed by atoms with van der Waals surface area (Å²) in [6.45, 7) is 1.10. The second-order valence-electron chi connectivity index (χ2n) is 4.47. The molecule has 2 N–H and O–H groups in total. The average Bonchev–Trinajstić information content (AvgIpc) is 2.30. The summed E-state index contributed by atoms with van der Waals surface area (Å²) in [5.41, 5.74) is 8.09. The Morgan fingerprint density at radius 2 is 2.06 bits per heavy atom. The number of likely N-dealkylation sites (N-methyl/N-ethyl adjacent to an activating group) is 1. The Labute approximate surface area is 96.5 Å². The van der Waals surface area contributed by atoms with Gasteiger partial charge in [-0.05, 0) is 44.1 Å². The van der Waals surface area contributed by atoms with Gasteiger partial charge in [0, 0.05) is 12.1 Å². The first-order valence-corrected chi connectivity index (χ1v) is 5.68. The molecule has 0 aromatic heterocycles. The molecule has 1 heterocycles. The molecule has 2 unspecified atom stereocenters. The Bertz CT molecular complexity index is 381. The Balaban J connectivity index is 2.24. The fourth-order valence-corrected chi connectivity index (χ4v) is 2.46. The van der Waals surface area contributed by atoms with Gasteiger partial charge in [0.2, 0.25) is 0 Å². The topological polar surface area (TPSA) is 53.0 Å². The summed E-state index contributed by atoms with van der Waals surface area (Å²) >= 11 is 0. The lowest BCUT2D eigenvalue weighted by atomic mass is 9.91. The van der Waals surface area contributed by atoms with Crippen LogP contribution in [-0.4, -0.2) is 24.5 Å². The third kappa shape index (κ3) is 2.08. The SMILES string of the molecule is CN1CCCC(N)C1c1ccc(C#N)cc1. The zero-order valence-electron chi connectivity index (χ0n) is 9.56. The van der Waals surface area contributed by atoms with E-state index < -0.39 is 0 Å². The van der Waals surface area contributed by atoms with Crippen LogP contribution in [0.25, 0.3) is 0 Å². The van der Waals surface area contributed by atoms with Gasteiger partial charge in [-0.1, -0.05) is 12.1 Å². The number of benzene rings is 1. The standard InChI is InChI=1S/C13H17N3/c1-16-8-2-3-12(15)13(16)11-6-4-10(9-14)5-7-11/h4-7,12-13H,2-3,8,15H2,1H3. The summed E-state index contributed by atoms with van der Waals surface area (Å²) in [5, 5.41) is 8.76. The average molecular weight is 215 g/mol. The highest BCUT2D eigenvalue weighted by Crippen LogP contribution is 2.28. The van der Waals surface area contributed by atoms with Gasteiger partial charge in [-0.2, -0.15) is 5.26 Å². The molecule has 1 aliphatic rings. The van der Waals surface area contributed by atoms with Crippen LogP contribution in [0, 0.1) is 11.3 Å². The van der Waals surface area contributed by atoms with Crippen molar-refractivity contribution in [3.63, 3.8) is 0 Å². The van der Waals surface area contributed by atoms with Gasteiger partial charge in [0.15, 0.2) is 0 Å². The van der Waals surface area contributed by atoms with Crippen LogP contribution in [0.4, 0.5) is 0 Å². The van der Waals surface area contributed by atoms with Crippen LogP contribution in [-0.2, 0) is 0 Å².